The van der Waals surface area contributed by atoms with Crippen molar-refractivity contribution < 1.29 is 47.6 Å². The maximum absolute atomic E-state index is 13.5. The highest BCUT2D eigenvalue weighted by Gasteiger charge is 2.45. The van der Waals surface area contributed by atoms with Crippen molar-refractivity contribution in [2.75, 3.05) is 82.7 Å². The average molecular weight is 1020 g/mol. The van der Waals surface area contributed by atoms with Crippen molar-refractivity contribution in [3.05, 3.63) is 120 Å². The Morgan fingerprint density at radius 1 is 0.853 bits per heavy atom. The molecule has 2 fully saturated rings. The Labute approximate surface area is 431 Å². The summed E-state index contributed by atoms with van der Waals surface area (Å²) in [4.78, 5) is 81.1. The van der Waals surface area contributed by atoms with Gasteiger partial charge in [0.25, 0.3) is 0 Å². The molecule has 388 valence electrons. The number of pyridine rings is 3. The number of ketones is 1. The summed E-state index contributed by atoms with van der Waals surface area (Å²) in [5, 5.41) is 17.9. The molecular weight excluding hydrogens is 967 g/mol. The highest BCUT2D eigenvalue weighted by molar-refractivity contribution is 6.13. The second-order valence-corrected chi connectivity index (χ2v) is 18.4. The van der Waals surface area contributed by atoms with Gasteiger partial charge in [0.1, 0.15) is 54.0 Å². The van der Waals surface area contributed by atoms with Crippen LogP contribution in [0.15, 0.2) is 91.6 Å². The van der Waals surface area contributed by atoms with Crippen LogP contribution in [0.25, 0.3) is 11.3 Å². The quantitative estimate of drug-likeness (QED) is 0.0731. The number of Topliss-reactive ketones (excluding diaryl/α,β-unsaturated/α-hetero) is 1. The molecule has 3 aliphatic rings. The van der Waals surface area contributed by atoms with E-state index in [0.29, 0.717) is 114 Å². The Kier molecular flexibility index (Phi) is 15.9. The lowest BCUT2D eigenvalue weighted by molar-refractivity contribution is -0.145. The molecule has 9 rings (SSSR count). The number of piperazine rings is 1. The van der Waals surface area contributed by atoms with Gasteiger partial charge in [0.2, 0.25) is 23.6 Å². The maximum atomic E-state index is 13.5. The van der Waals surface area contributed by atoms with Gasteiger partial charge in [-0.15, -0.1) is 5.10 Å². The average Bonchev–Trinajstić information content (AvgIpc) is 3.94. The van der Waals surface area contributed by atoms with Crippen molar-refractivity contribution >= 4 is 35.3 Å². The van der Waals surface area contributed by atoms with E-state index in [-0.39, 0.29) is 69.3 Å². The highest BCUT2D eigenvalue weighted by Crippen LogP contribution is 2.40. The molecule has 1 aromatic carbocycles. The predicted molar refractivity (Wildman–Crippen MR) is 267 cm³/mol. The first-order valence-electron chi connectivity index (χ1n) is 24.3. The SMILES string of the molecule is COC(=O)c1ccc(Oc2cccc(OC3CN(C(=O)COCCOCCOCc4cn(CC(=O)N5CCN(c6ncc(-c7ccc8c(n7)N(Cc7cccnc7C#N)C(C)(C)C8=O)cn6)C[C@H]5C)nn4)C3)c2)nc1. The van der Waals surface area contributed by atoms with Crippen LogP contribution in [0.3, 0.4) is 0 Å². The Hall–Kier alpha value is -8.46. The smallest absolute Gasteiger partial charge is 0.339 e. The van der Waals surface area contributed by atoms with Gasteiger partial charge in [-0.2, -0.15) is 5.26 Å². The number of benzene rings is 1. The molecule has 0 unspecified atom stereocenters. The molecule has 1 atom stereocenters. The first kappa shape index (κ1) is 51.4. The van der Waals surface area contributed by atoms with Gasteiger partial charge in [0, 0.05) is 80.3 Å². The Morgan fingerprint density at radius 2 is 1.64 bits per heavy atom. The first-order valence-corrected chi connectivity index (χ1v) is 24.3. The number of likely N-dealkylation sites (tertiary alicyclic amines) is 1. The van der Waals surface area contributed by atoms with E-state index in [0.717, 1.165) is 0 Å². The molecule has 0 aliphatic carbocycles. The zero-order chi connectivity index (χ0) is 52.5. The van der Waals surface area contributed by atoms with Gasteiger partial charge in [-0.25, -0.2) is 34.4 Å². The number of ether oxygens (including phenoxy) is 6. The zero-order valence-corrected chi connectivity index (χ0v) is 41.9. The fourth-order valence-electron chi connectivity index (χ4n) is 8.74. The van der Waals surface area contributed by atoms with Crippen LogP contribution < -0.4 is 19.3 Å². The molecule has 75 heavy (non-hydrogen) atoms. The number of rotatable bonds is 21. The van der Waals surface area contributed by atoms with Gasteiger partial charge in [-0.3, -0.25) is 14.4 Å². The molecule has 2 amide bonds. The third-order valence-corrected chi connectivity index (χ3v) is 12.9. The lowest BCUT2D eigenvalue weighted by Gasteiger charge is -2.39. The summed E-state index contributed by atoms with van der Waals surface area (Å²) in [6.45, 7) is 9.64. The van der Waals surface area contributed by atoms with E-state index in [1.807, 2.05) is 41.5 Å². The summed E-state index contributed by atoms with van der Waals surface area (Å²) >= 11 is 0. The summed E-state index contributed by atoms with van der Waals surface area (Å²) in [6, 6.07) is 19.4. The molecule has 23 nitrogen and oxygen atoms in total. The Bertz CT molecular complexity index is 3050. The summed E-state index contributed by atoms with van der Waals surface area (Å²) in [6.07, 6.45) is 7.89. The third kappa shape index (κ3) is 12.2. The van der Waals surface area contributed by atoms with Gasteiger partial charge >= 0.3 is 5.97 Å². The number of esters is 1. The highest BCUT2D eigenvalue weighted by atomic mass is 16.5. The lowest BCUT2D eigenvalue weighted by Crippen LogP contribution is -2.57. The maximum Gasteiger partial charge on any atom is 0.339 e. The lowest BCUT2D eigenvalue weighted by atomic mass is 9.97. The summed E-state index contributed by atoms with van der Waals surface area (Å²) in [5.74, 6) is 1.70. The van der Waals surface area contributed by atoms with Gasteiger partial charge in [0.15, 0.2) is 5.78 Å². The molecule has 0 bridgehead atoms. The van der Waals surface area contributed by atoms with E-state index in [2.05, 4.69) is 36.3 Å². The minimum absolute atomic E-state index is 0.0259. The van der Waals surface area contributed by atoms with Gasteiger partial charge < -0.3 is 48.0 Å². The number of methoxy groups -OCH3 is 1. The number of aromatic nitrogens is 8. The molecule has 3 aliphatic heterocycles. The van der Waals surface area contributed by atoms with E-state index < -0.39 is 11.5 Å². The van der Waals surface area contributed by atoms with Crippen molar-refractivity contribution in [3.8, 4) is 34.7 Å². The van der Waals surface area contributed by atoms with Gasteiger partial charge in [0.05, 0.1) is 81.8 Å². The number of nitrogens with zero attached hydrogens (tertiary/aromatic N) is 13. The topological polar surface area (TPSA) is 256 Å². The minimum atomic E-state index is -0.881. The number of nitriles is 1. The van der Waals surface area contributed by atoms with Crippen molar-refractivity contribution in [2.45, 2.75) is 58.2 Å². The summed E-state index contributed by atoms with van der Waals surface area (Å²) in [5.41, 5.74) is 2.81. The summed E-state index contributed by atoms with van der Waals surface area (Å²) < 4.78 is 34.8. The van der Waals surface area contributed by atoms with Crippen LogP contribution in [0.2, 0.25) is 0 Å². The van der Waals surface area contributed by atoms with Crippen molar-refractivity contribution in [1.82, 2.24) is 49.7 Å². The number of anilines is 2. The van der Waals surface area contributed by atoms with E-state index >= 15 is 0 Å². The molecule has 6 aromatic rings. The molecule has 8 heterocycles. The number of hydrogen-bond donors (Lipinski definition) is 0. The Morgan fingerprint density at radius 3 is 2.40 bits per heavy atom. The first-order chi connectivity index (χ1) is 36.4. The number of carbonyl (C=O) groups is 4. The number of fused-ring (bicyclic) bond motifs is 1. The van der Waals surface area contributed by atoms with Crippen LogP contribution in [-0.4, -0.2) is 164 Å². The molecule has 0 saturated carbocycles. The molecule has 5 aromatic heterocycles. The number of hydrogen-bond acceptors (Lipinski definition) is 20. The van der Waals surface area contributed by atoms with Crippen LogP contribution in [0.1, 0.15) is 58.4 Å². The molecular formula is C52H55N13O10. The van der Waals surface area contributed by atoms with E-state index in [4.69, 9.17) is 33.4 Å². The normalized spacial score (nSPS) is 16.0. The fourth-order valence-corrected chi connectivity index (χ4v) is 8.74. The van der Waals surface area contributed by atoms with Crippen molar-refractivity contribution in [1.29, 1.82) is 5.26 Å². The third-order valence-electron chi connectivity index (χ3n) is 12.9. The molecule has 2 saturated heterocycles. The van der Waals surface area contributed by atoms with Crippen LogP contribution in [0, 0.1) is 11.3 Å². The number of carbonyl (C=O) groups excluding carboxylic acids is 4. The van der Waals surface area contributed by atoms with Crippen LogP contribution in [-0.2, 0) is 48.2 Å². The van der Waals surface area contributed by atoms with E-state index in [1.165, 1.54) is 18.0 Å². The van der Waals surface area contributed by atoms with Crippen molar-refractivity contribution in [2.24, 2.45) is 0 Å². The van der Waals surface area contributed by atoms with Crippen LogP contribution in [0.4, 0.5) is 11.8 Å². The monoisotopic (exact) mass is 1020 g/mol. The zero-order valence-electron chi connectivity index (χ0n) is 41.9. The second kappa shape index (κ2) is 23.2. The van der Waals surface area contributed by atoms with Crippen molar-refractivity contribution in [3.63, 3.8) is 0 Å². The van der Waals surface area contributed by atoms with Crippen LogP contribution >= 0.6 is 0 Å². The molecule has 23 heteroatoms. The minimum Gasteiger partial charge on any atom is -0.487 e. The standard InChI is InChI=1S/C52H55N13O10/c1-34-26-61(51-56-24-37(25-57-51)43-12-11-42-48(68)52(2,3)65(49(42)58-43)27-36-7-6-14-54-44(36)22-53)15-16-64(34)46(66)31-63-28-38(59-60-63)32-72-19-17-71-18-20-73-33-47(67)62-29-41(30-62)74-39-8-5-9-40(21-39)75-45-13-10-35(23-55-45)50(69)70-4/h5-14,21,23-25,28,34,41H,15-20,26-27,29-33H2,1-4H3/t34-/m1/s1. The summed E-state index contributed by atoms with van der Waals surface area (Å²) in [7, 11) is 1.30. The second-order valence-electron chi connectivity index (χ2n) is 18.4. The van der Waals surface area contributed by atoms with E-state index in [1.54, 1.807) is 84.3 Å². The molecule has 0 radical (unpaired) electrons. The predicted octanol–water partition coefficient (Wildman–Crippen LogP) is 3.93. The van der Waals surface area contributed by atoms with Gasteiger partial charge in [-0.1, -0.05) is 17.3 Å². The van der Waals surface area contributed by atoms with Crippen LogP contribution in [0.5, 0.6) is 17.4 Å². The molecule has 0 spiro atoms. The molecule has 0 N–H and O–H groups in total. The number of amides is 2. The largest absolute Gasteiger partial charge is 0.487 e. The van der Waals surface area contributed by atoms with Gasteiger partial charge in [-0.05, 0) is 57.2 Å². The van der Waals surface area contributed by atoms with E-state index in [9.17, 15) is 24.4 Å². The Balaban J connectivity index is 0.633. The fraction of sp³-hybridized carbons (Fsp3) is 0.385.